The molecule has 3 nitrogen and oxygen atoms in total. The van der Waals surface area contributed by atoms with Gasteiger partial charge in [0.1, 0.15) is 5.92 Å². The number of carbonyl (C=O) groups excluding carboxylic acids is 3. The van der Waals surface area contributed by atoms with Crippen LogP contribution in [0.4, 0.5) is 0 Å². The van der Waals surface area contributed by atoms with Gasteiger partial charge in [-0.3, -0.25) is 14.4 Å². The molecule has 0 N–H and O–H groups in total. The normalized spacial score (nSPS) is 17.4. The Morgan fingerprint density at radius 3 is 2.00 bits per heavy atom. The van der Waals surface area contributed by atoms with Gasteiger partial charge >= 0.3 is 0 Å². The van der Waals surface area contributed by atoms with Crippen molar-refractivity contribution in [1.29, 1.82) is 0 Å². The zero-order chi connectivity index (χ0) is 11.9. The smallest absolute Gasteiger partial charge is 0.181 e. The summed E-state index contributed by atoms with van der Waals surface area (Å²) in [6, 6.07) is 6.45. The molecule has 1 aromatic carbocycles. The van der Waals surface area contributed by atoms with Crippen molar-refractivity contribution in [2.75, 3.05) is 0 Å². The minimum absolute atomic E-state index is 0.322. The van der Waals surface area contributed by atoms with Gasteiger partial charge < -0.3 is 0 Å². The van der Waals surface area contributed by atoms with E-state index in [4.69, 9.17) is 11.6 Å². The van der Waals surface area contributed by atoms with E-state index in [0.29, 0.717) is 11.1 Å². The minimum atomic E-state index is -1.23. The van der Waals surface area contributed by atoms with Crippen LogP contribution in [0.15, 0.2) is 24.3 Å². The molecule has 1 aromatic rings. The molecule has 0 amide bonds. The maximum atomic E-state index is 11.9. The van der Waals surface area contributed by atoms with Crippen molar-refractivity contribution in [1.82, 2.24) is 0 Å². The summed E-state index contributed by atoms with van der Waals surface area (Å²) in [6.07, 6.45) is 0. The molecule has 1 unspecified atom stereocenters. The molecular weight excluding hydrogens is 228 g/mol. The van der Waals surface area contributed by atoms with Gasteiger partial charge in [-0.2, -0.15) is 0 Å². The Balaban J connectivity index is 2.47. The average Bonchev–Trinajstić information content (AvgIpc) is 2.52. The van der Waals surface area contributed by atoms with Crippen LogP contribution in [0.3, 0.4) is 0 Å². The number of alkyl halides is 1. The lowest BCUT2D eigenvalue weighted by molar-refractivity contribution is -0.119. The minimum Gasteiger partial charge on any atom is -0.297 e. The fourth-order valence-corrected chi connectivity index (χ4v) is 1.96. The molecule has 1 atom stereocenters. The monoisotopic (exact) mass is 236 g/mol. The summed E-state index contributed by atoms with van der Waals surface area (Å²) in [6.45, 7) is 1.47. The number of benzene rings is 1. The molecule has 0 saturated heterocycles. The summed E-state index contributed by atoms with van der Waals surface area (Å²) in [5.74, 6) is -2.62. The van der Waals surface area contributed by atoms with Crippen LogP contribution in [0.25, 0.3) is 0 Å². The van der Waals surface area contributed by atoms with Crippen molar-refractivity contribution in [3.05, 3.63) is 35.4 Å². The Hall–Kier alpha value is -1.48. The molecule has 4 heteroatoms. The van der Waals surface area contributed by atoms with Crippen LogP contribution in [0.1, 0.15) is 27.6 Å². The molecule has 82 valence electrons. The fourth-order valence-electron chi connectivity index (χ4n) is 1.83. The molecule has 0 saturated carbocycles. The predicted octanol–water partition coefficient (Wildman–Crippen LogP) is 1.88. The molecule has 1 aliphatic carbocycles. The summed E-state index contributed by atoms with van der Waals surface area (Å²) in [7, 11) is 0. The molecule has 16 heavy (non-hydrogen) atoms. The Labute approximate surface area is 97.4 Å². The first-order valence-corrected chi connectivity index (χ1v) is 5.33. The average molecular weight is 237 g/mol. The predicted molar refractivity (Wildman–Crippen MR) is 58.9 cm³/mol. The van der Waals surface area contributed by atoms with Gasteiger partial charge in [-0.05, 0) is 6.92 Å². The summed E-state index contributed by atoms with van der Waals surface area (Å²) in [4.78, 5) is 35.4. The Bertz CT molecular complexity index is 456. The van der Waals surface area contributed by atoms with E-state index in [1.54, 1.807) is 24.3 Å². The van der Waals surface area contributed by atoms with E-state index < -0.39 is 28.6 Å². The SMILES string of the molecule is CC(Cl)C(=O)C1C(=O)c2ccccc2C1=O. The first kappa shape index (κ1) is 11.0. The largest absolute Gasteiger partial charge is 0.297 e. The first-order valence-electron chi connectivity index (χ1n) is 4.89. The number of hydrogen-bond donors (Lipinski definition) is 0. The second kappa shape index (κ2) is 3.83. The topological polar surface area (TPSA) is 51.2 Å². The highest BCUT2D eigenvalue weighted by Gasteiger charge is 2.43. The molecule has 0 radical (unpaired) electrons. The second-order valence-electron chi connectivity index (χ2n) is 3.73. The molecule has 0 spiro atoms. The molecule has 0 heterocycles. The molecule has 0 bridgehead atoms. The van der Waals surface area contributed by atoms with E-state index in [9.17, 15) is 14.4 Å². The van der Waals surface area contributed by atoms with Gasteiger partial charge in [0.05, 0.1) is 5.38 Å². The van der Waals surface area contributed by atoms with Crippen LogP contribution in [-0.2, 0) is 4.79 Å². The first-order chi connectivity index (χ1) is 7.54. The summed E-state index contributed by atoms with van der Waals surface area (Å²) < 4.78 is 0. The van der Waals surface area contributed by atoms with Crippen molar-refractivity contribution in [2.45, 2.75) is 12.3 Å². The van der Waals surface area contributed by atoms with Gasteiger partial charge in [-0.25, -0.2) is 0 Å². The number of fused-ring (bicyclic) bond motifs is 1. The van der Waals surface area contributed by atoms with E-state index in [1.165, 1.54) is 6.92 Å². The van der Waals surface area contributed by atoms with Crippen molar-refractivity contribution in [2.24, 2.45) is 5.92 Å². The lowest BCUT2D eigenvalue weighted by Gasteiger charge is -2.06. The van der Waals surface area contributed by atoms with Crippen molar-refractivity contribution >= 4 is 29.0 Å². The summed E-state index contributed by atoms with van der Waals surface area (Å²) in [5.41, 5.74) is 0.645. The molecule has 0 fully saturated rings. The summed E-state index contributed by atoms with van der Waals surface area (Å²) in [5, 5.41) is -0.827. The number of halogens is 1. The third-order valence-electron chi connectivity index (χ3n) is 2.66. The van der Waals surface area contributed by atoms with E-state index in [2.05, 4.69) is 0 Å². The van der Waals surface area contributed by atoms with Crippen LogP contribution in [0.5, 0.6) is 0 Å². The fraction of sp³-hybridized carbons (Fsp3) is 0.250. The van der Waals surface area contributed by atoms with E-state index in [0.717, 1.165) is 0 Å². The maximum Gasteiger partial charge on any atom is 0.181 e. The van der Waals surface area contributed by atoms with Crippen LogP contribution in [0.2, 0.25) is 0 Å². The van der Waals surface area contributed by atoms with Crippen LogP contribution in [-0.4, -0.2) is 22.7 Å². The highest BCUT2D eigenvalue weighted by Crippen LogP contribution is 2.28. The summed E-state index contributed by atoms with van der Waals surface area (Å²) >= 11 is 5.63. The quantitative estimate of drug-likeness (QED) is 0.582. The highest BCUT2D eigenvalue weighted by atomic mass is 35.5. The zero-order valence-corrected chi connectivity index (χ0v) is 9.32. The van der Waals surface area contributed by atoms with Crippen LogP contribution >= 0.6 is 11.6 Å². The standard InChI is InChI=1S/C12H9ClO3/c1-6(13)10(14)9-11(15)7-4-2-3-5-8(7)12(9)16/h2-6,9H,1H3. The van der Waals surface area contributed by atoms with Gasteiger partial charge in [0.15, 0.2) is 17.3 Å². The van der Waals surface area contributed by atoms with Gasteiger partial charge in [0.25, 0.3) is 0 Å². The highest BCUT2D eigenvalue weighted by molar-refractivity contribution is 6.42. The second-order valence-corrected chi connectivity index (χ2v) is 4.38. The van der Waals surface area contributed by atoms with Crippen molar-refractivity contribution < 1.29 is 14.4 Å². The zero-order valence-electron chi connectivity index (χ0n) is 8.57. The lowest BCUT2D eigenvalue weighted by Crippen LogP contribution is -2.30. The van der Waals surface area contributed by atoms with Crippen LogP contribution < -0.4 is 0 Å². The maximum absolute atomic E-state index is 11.9. The number of ketones is 3. The molecule has 0 aliphatic heterocycles. The van der Waals surface area contributed by atoms with Gasteiger partial charge in [-0.15, -0.1) is 11.6 Å². The Morgan fingerprint density at radius 2 is 1.62 bits per heavy atom. The Kier molecular flexibility index (Phi) is 2.64. The number of rotatable bonds is 2. The molecule has 2 rings (SSSR count). The molecule has 0 aromatic heterocycles. The lowest BCUT2D eigenvalue weighted by atomic mass is 9.97. The number of Topliss-reactive ketones (excluding diaryl/α,β-unsaturated/α-hetero) is 3. The third kappa shape index (κ3) is 1.48. The molecular formula is C12H9ClO3. The van der Waals surface area contributed by atoms with E-state index >= 15 is 0 Å². The molecule has 1 aliphatic rings. The van der Waals surface area contributed by atoms with E-state index in [-0.39, 0.29) is 0 Å². The number of carbonyl (C=O) groups is 3. The van der Waals surface area contributed by atoms with Crippen LogP contribution in [0, 0.1) is 5.92 Å². The van der Waals surface area contributed by atoms with Gasteiger partial charge in [-0.1, -0.05) is 24.3 Å². The van der Waals surface area contributed by atoms with Gasteiger partial charge in [0.2, 0.25) is 0 Å². The third-order valence-corrected chi connectivity index (χ3v) is 2.87. The van der Waals surface area contributed by atoms with Crippen molar-refractivity contribution in [3.8, 4) is 0 Å². The van der Waals surface area contributed by atoms with Crippen molar-refractivity contribution in [3.63, 3.8) is 0 Å². The number of hydrogen-bond acceptors (Lipinski definition) is 3. The van der Waals surface area contributed by atoms with Gasteiger partial charge in [0, 0.05) is 11.1 Å². The van der Waals surface area contributed by atoms with E-state index in [1.807, 2.05) is 0 Å². The Morgan fingerprint density at radius 1 is 1.19 bits per heavy atom.